The quantitative estimate of drug-likeness (QED) is 0.656. The van der Waals surface area contributed by atoms with Gasteiger partial charge in [0.05, 0.1) is 5.56 Å². The molecule has 1 rings (SSSR count). The topological polar surface area (TPSA) is 37.3 Å². The maximum Gasteiger partial charge on any atom is 0.188 e. The Morgan fingerprint density at radius 1 is 1.42 bits per heavy atom. The molecule has 2 nitrogen and oxygen atoms in total. The molecule has 1 N–H and O–H groups in total. The number of rotatable bonds is 1. The van der Waals surface area contributed by atoms with Gasteiger partial charge in [-0.1, -0.05) is 0 Å². The lowest BCUT2D eigenvalue weighted by molar-refractivity contribution is 0.101. The van der Waals surface area contributed by atoms with Gasteiger partial charge >= 0.3 is 0 Å². The van der Waals surface area contributed by atoms with Crippen molar-refractivity contribution in [3.05, 3.63) is 29.3 Å². The molecule has 0 atom stereocenters. The summed E-state index contributed by atoms with van der Waals surface area (Å²) in [7, 11) is 0. The van der Waals surface area contributed by atoms with Crippen molar-refractivity contribution in [3.8, 4) is 5.75 Å². The van der Waals surface area contributed by atoms with Gasteiger partial charge in [-0.05, 0) is 19.1 Å². The number of benzene rings is 1. The van der Waals surface area contributed by atoms with Crippen LogP contribution < -0.4 is 0 Å². The van der Waals surface area contributed by atoms with Gasteiger partial charge < -0.3 is 5.11 Å². The molecule has 0 saturated carbocycles. The molecule has 0 heterocycles. The minimum atomic E-state index is -1.21. The van der Waals surface area contributed by atoms with E-state index in [4.69, 9.17) is 5.11 Å². The van der Waals surface area contributed by atoms with E-state index in [1.54, 1.807) is 0 Å². The lowest BCUT2D eigenvalue weighted by atomic mass is 10.1. The van der Waals surface area contributed by atoms with E-state index in [1.807, 2.05) is 0 Å². The summed E-state index contributed by atoms with van der Waals surface area (Å²) < 4.78 is 25.2. The predicted octanol–water partition coefficient (Wildman–Crippen LogP) is 1.87. The highest BCUT2D eigenvalue weighted by molar-refractivity contribution is 5.94. The number of Topliss-reactive ketones (excluding diaryl/α,β-unsaturated/α-hetero) is 1. The van der Waals surface area contributed by atoms with Gasteiger partial charge in [0, 0.05) is 0 Å². The Morgan fingerprint density at radius 2 is 2.00 bits per heavy atom. The molecule has 1 aromatic rings. The van der Waals surface area contributed by atoms with Crippen LogP contribution in [-0.2, 0) is 0 Å². The SMILES string of the molecule is CC(=O)c1ccc(F)c(O)c1F. The zero-order valence-corrected chi connectivity index (χ0v) is 6.27. The van der Waals surface area contributed by atoms with Crippen LogP contribution in [0.25, 0.3) is 0 Å². The van der Waals surface area contributed by atoms with E-state index < -0.39 is 23.2 Å². The van der Waals surface area contributed by atoms with Crippen LogP contribution in [0.2, 0.25) is 0 Å². The molecule has 4 heteroatoms. The van der Waals surface area contributed by atoms with Gasteiger partial charge in [0.1, 0.15) is 0 Å². The smallest absolute Gasteiger partial charge is 0.188 e. The number of phenols is 1. The number of ketones is 1. The zero-order valence-electron chi connectivity index (χ0n) is 6.27. The first-order chi connectivity index (χ1) is 5.54. The molecule has 0 saturated heterocycles. The van der Waals surface area contributed by atoms with Gasteiger partial charge in [-0.3, -0.25) is 4.79 Å². The molecule has 0 aromatic heterocycles. The molecule has 0 unspecified atom stereocenters. The first-order valence-corrected chi connectivity index (χ1v) is 3.22. The Morgan fingerprint density at radius 3 is 2.50 bits per heavy atom. The molecular formula is C8H6F2O2. The van der Waals surface area contributed by atoms with E-state index in [2.05, 4.69) is 0 Å². The van der Waals surface area contributed by atoms with E-state index in [1.165, 1.54) is 0 Å². The molecular weight excluding hydrogens is 166 g/mol. The second-order valence-corrected chi connectivity index (χ2v) is 2.31. The van der Waals surface area contributed by atoms with Crippen molar-refractivity contribution >= 4 is 5.78 Å². The Bertz CT molecular complexity index is 334. The largest absolute Gasteiger partial charge is 0.503 e. The van der Waals surface area contributed by atoms with Crippen LogP contribution in [0.3, 0.4) is 0 Å². The lowest BCUT2D eigenvalue weighted by Gasteiger charge is -2.00. The number of aromatic hydroxyl groups is 1. The summed E-state index contributed by atoms with van der Waals surface area (Å²) in [4.78, 5) is 10.7. The third-order valence-corrected chi connectivity index (χ3v) is 1.45. The third kappa shape index (κ3) is 1.28. The van der Waals surface area contributed by atoms with Gasteiger partial charge in [-0.2, -0.15) is 0 Å². The fourth-order valence-electron chi connectivity index (χ4n) is 0.813. The summed E-state index contributed by atoms with van der Waals surface area (Å²) in [6.07, 6.45) is 0. The molecule has 0 fully saturated rings. The van der Waals surface area contributed by atoms with Gasteiger partial charge in [0.15, 0.2) is 23.2 Å². The highest BCUT2D eigenvalue weighted by atomic mass is 19.1. The van der Waals surface area contributed by atoms with Crippen molar-refractivity contribution < 1.29 is 18.7 Å². The molecule has 12 heavy (non-hydrogen) atoms. The maximum atomic E-state index is 12.8. The van der Waals surface area contributed by atoms with Crippen molar-refractivity contribution in [1.82, 2.24) is 0 Å². The van der Waals surface area contributed by atoms with Crippen molar-refractivity contribution in [2.24, 2.45) is 0 Å². The Hall–Kier alpha value is -1.45. The van der Waals surface area contributed by atoms with Crippen LogP contribution in [0.5, 0.6) is 5.75 Å². The summed E-state index contributed by atoms with van der Waals surface area (Å²) in [5.41, 5.74) is -0.311. The molecule has 0 amide bonds. The van der Waals surface area contributed by atoms with Crippen molar-refractivity contribution in [1.29, 1.82) is 0 Å². The first kappa shape index (κ1) is 8.64. The Balaban J connectivity index is 3.36. The highest BCUT2D eigenvalue weighted by Gasteiger charge is 2.14. The van der Waals surface area contributed by atoms with Crippen molar-refractivity contribution in [2.45, 2.75) is 6.92 Å². The second-order valence-electron chi connectivity index (χ2n) is 2.31. The monoisotopic (exact) mass is 172 g/mol. The summed E-state index contributed by atoms with van der Waals surface area (Å²) in [5.74, 6) is -3.94. The van der Waals surface area contributed by atoms with E-state index in [9.17, 15) is 13.6 Å². The van der Waals surface area contributed by atoms with E-state index in [0.29, 0.717) is 0 Å². The molecule has 1 aromatic carbocycles. The van der Waals surface area contributed by atoms with E-state index in [0.717, 1.165) is 19.1 Å². The highest BCUT2D eigenvalue weighted by Crippen LogP contribution is 2.22. The average molecular weight is 172 g/mol. The Kier molecular flexibility index (Phi) is 2.08. The number of hydrogen-bond donors (Lipinski definition) is 1. The zero-order chi connectivity index (χ0) is 9.30. The second kappa shape index (κ2) is 2.89. The average Bonchev–Trinajstić information content (AvgIpc) is 2.00. The van der Waals surface area contributed by atoms with Crippen LogP contribution in [-0.4, -0.2) is 10.9 Å². The number of phenolic OH excluding ortho intramolecular Hbond substituents is 1. The van der Waals surface area contributed by atoms with Gasteiger partial charge in [0.2, 0.25) is 0 Å². The van der Waals surface area contributed by atoms with Gasteiger partial charge in [0.25, 0.3) is 0 Å². The maximum absolute atomic E-state index is 12.8. The summed E-state index contributed by atoms with van der Waals surface area (Å²) in [5, 5.41) is 8.73. The number of carbonyl (C=O) groups excluding carboxylic acids is 1. The van der Waals surface area contributed by atoms with Crippen molar-refractivity contribution in [3.63, 3.8) is 0 Å². The predicted molar refractivity (Wildman–Crippen MR) is 38.0 cm³/mol. The molecule has 0 radical (unpaired) electrons. The van der Waals surface area contributed by atoms with Gasteiger partial charge in [-0.25, -0.2) is 8.78 Å². The summed E-state index contributed by atoms with van der Waals surface area (Å²) >= 11 is 0. The molecule has 0 bridgehead atoms. The lowest BCUT2D eigenvalue weighted by Crippen LogP contribution is -1.98. The minimum Gasteiger partial charge on any atom is -0.503 e. The molecule has 0 aliphatic heterocycles. The van der Waals surface area contributed by atoms with Crippen molar-refractivity contribution in [2.75, 3.05) is 0 Å². The molecule has 0 spiro atoms. The van der Waals surface area contributed by atoms with Crippen LogP contribution in [0.4, 0.5) is 8.78 Å². The Labute approximate surface area is 67.4 Å². The molecule has 64 valence electrons. The third-order valence-electron chi connectivity index (χ3n) is 1.45. The number of hydrogen-bond acceptors (Lipinski definition) is 2. The van der Waals surface area contributed by atoms with Crippen LogP contribution in [0.15, 0.2) is 12.1 Å². The van der Waals surface area contributed by atoms with E-state index in [-0.39, 0.29) is 5.56 Å². The number of carbonyl (C=O) groups is 1. The minimum absolute atomic E-state index is 0.311. The number of halogens is 2. The first-order valence-electron chi connectivity index (χ1n) is 3.22. The van der Waals surface area contributed by atoms with Gasteiger partial charge in [-0.15, -0.1) is 0 Å². The van der Waals surface area contributed by atoms with Crippen LogP contribution >= 0.6 is 0 Å². The standard InChI is InChI=1S/C8H6F2O2/c1-4(11)5-2-3-6(9)8(12)7(5)10/h2-3,12H,1H3. The van der Waals surface area contributed by atoms with E-state index >= 15 is 0 Å². The fraction of sp³-hybridized carbons (Fsp3) is 0.125. The van der Waals surface area contributed by atoms with Crippen LogP contribution in [0.1, 0.15) is 17.3 Å². The molecule has 0 aliphatic rings. The summed E-state index contributed by atoms with van der Waals surface area (Å²) in [6, 6.07) is 1.84. The van der Waals surface area contributed by atoms with Crippen LogP contribution in [0, 0.1) is 11.6 Å². The molecule has 0 aliphatic carbocycles. The summed E-state index contributed by atoms with van der Waals surface area (Å²) in [6.45, 7) is 1.13. The fourth-order valence-corrected chi connectivity index (χ4v) is 0.813. The normalized spacial score (nSPS) is 9.92.